The van der Waals surface area contributed by atoms with E-state index in [1.165, 1.54) is 12.1 Å². The number of methoxy groups -OCH3 is 1. The molecular formula is C38H43N5O6. The maximum atomic E-state index is 14.3. The molecule has 3 amide bonds. The van der Waals surface area contributed by atoms with Crippen molar-refractivity contribution in [2.75, 3.05) is 13.7 Å². The van der Waals surface area contributed by atoms with Crippen LogP contribution in [-0.4, -0.2) is 63.9 Å². The van der Waals surface area contributed by atoms with Crippen LogP contribution in [0.3, 0.4) is 0 Å². The number of aromatic nitrogens is 1. The zero-order chi connectivity index (χ0) is 35.2. The summed E-state index contributed by atoms with van der Waals surface area (Å²) in [5.41, 5.74) is 4.49. The summed E-state index contributed by atoms with van der Waals surface area (Å²) in [6.07, 6.45) is 2.14. The molecule has 1 aliphatic rings. The minimum atomic E-state index is -2.19. The molecule has 1 heterocycles. The van der Waals surface area contributed by atoms with Crippen LogP contribution in [-0.2, 0) is 32.9 Å². The normalized spacial score (nSPS) is 17.4. The smallest absolute Gasteiger partial charge is 0.407 e. The Morgan fingerprint density at radius 3 is 2.37 bits per heavy atom. The van der Waals surface area contributed by atoms with Gasteiger partial charge in [0.05, 0.1) is 25.8 Å². The molecule has 11 heteroatoms. The predicted molar refractivity (Wildman–Crippen MR) is 184 cm³/mol. The number of alkyl carbamates (subject to hydrolysis) is 1. The number of aliphatic hydroxyl groups excluding tert-OH is 1. The molecule has 3 aromatic carbocycles. The van der Waals surface area contributed by atoms with Gasteiger partial charge in [-0.2, -0.15) is 0 Å². The summed E-state index contributed by atoms with van der Waals surface area (Å²) in [6, 6.07) is 25.6. The van der Waals surface area contributed by atoms with Gasteiger partial charge in [0.1, 0.15) is 6.04 Å². The zero-order valence-electron chi connectivity index (χ0n) is 28.1. The van der Waals surface area contributed by atoms with Gasteiger partial charge < -0.3 is 25.6 Å². The highest BCUT2D eigenvalue weighted by Crippen LogP contribution is 2.33. The molecule has 5 rings (SSSR count). The molecule has 256 valence electrons. The number of benzene rings is 3. The average molecular weight is 666 g/mol. The van der Waals surface area contributed by atoms with Crippen LogP contribution < -0.4 is 16.1 Å². The number of pyridine rings is 1. The molecule has 1 aromatic heterocycles. The van der Waals surface area contributed by atoms with Crippen LogP contribution in [0.5, 0.6) is 0 Å². The van der Waals surface area contributed by atoms with Crippen molar-refractivity contribution < 1.29 is 29.3 Å². The number of aliphatic hydroxyl groups is 2. The van der Waals surface area contributed by atoms with E-state index in [2.05, 4.69) is 21.0 Å². The largest absolute Gasteiger partial charge is 0.453 e. The molecule has 1 aliphatic carbocycles. The number of amides is 3. The molecule has 49 heavy (non-hydrogen) atoms. The first-order valence-electron chi connectivity index (χ1n) is 16.1. The van der Waals surface area contributed by atoms with Crippen molar-refractivity contribution in [2.45, 2.75) is 57.5 Å². The van der Waals surface area contributed by atoms with Gasteiger partial charge in [0, 0.05) is 25.4 Å². The molecule has 0 unspecified atom stereocenters. The third-order valence-electron chi connectivity index (χ3n) is 8.68. The summed E-state index contributed by atoms with van der Waals surface area (Å²) in [7, 11) is 1.22. The van der Waals surface area contributed by atoms with Crippen LogP contribution in [0.25, 0.3) is 11.1 Å². The Hall–Kier alpha value is -5.10. The van der Waals surface area contributed by atoms with Gasteiger partial charge in [-0.25, -0.2) is 9.80 Å². The van der Waals surface area contributed by atoms with Gasteiger partial charge in [0.15, 0.2) is 5.60 Å². The Morgan fingerprint density at radius 2 is 1.67 bits per heavy atom. The highest BCUT2D eigenvalue weighted by Gasteiger charge is 2.44. The van der Waals surface area contributed by atoms with E-state index in [1.807, 2.05) is 60.7 Å². The van der Waals surface area contributed by atoms with Crippen molar-refractivity contribution in [3.63, 3.8) is 0 Å². The fourth-order valence-corrected chi connectivity index (χ4v) is 6.10. The lowest BCUT2D eigenvalue weighted by molar-refractivity contribution is -0.149. The fraction of sp³-hybridized carbons (Fsp3) is 0.316. The molecule has 5 N–H and O–H groups in total. The molecule has 0 spiro atoms. The lowest BCUT2D eigenvalue weighted by Gasteiger charge is -2.37. The van der Waals surface area contributed by atoms with Gasteiger partial charge >= 0.3 is 6.09 Å². The fourth-order valence-electron chi connectivity index (χ4n) is 6.10. The van der Waals surface area contributed by atoms with Gasteiger partial charge in [0.25, 0.3) is 11.8 Å². The zero-order valence-corrected chi connectivity index (χ0v) is 28.1. The molecule has 0 saturated heterocycles. The molecule has 11 nitrogen and oxygen atoms in total. The summed E-state index contributed by atoms with van der Waals surface area (Å²) in [5, 5.41) is 30.3. The highest BCUT2D eigenvalue weighted by molar-refractivity contribution is 5.88. The number of nitrogens with one attached hydrogen (secondary N) is 3. The number of fused-ring (bicyclic) bond motifs is 1. The van der Waals surface area contributed by atoms with E-state index < -0.39 is 47.1 Å². The van der Waals surface area contributed by atoms with E-state index in [-0.39, 0.29) is 18.7 Å². The second kappa shape index (κ2) is 15.0. The van der Waals surface area contributed by atoms with Gasteiger partial charge in [-0.3, -0.25) is 20.0 Å². The van der Waals surface area contributed by atoms with E-state index in [0.29, 0.717) is 6.42 Å². The summed E-state index contributed by atoms with van der Waals surface area (Å²) in [5.74, 6) is -1.32. The predicted octanol–water partition coefficient (Wildman–Crippen LogP) is 4.01. The van der Waals surface area contributed by atoms with E-state index in [1.54, 1.807) is 63.5 Å². The third kappa shape index (κ3) is 8.32. The van der Waals surface area contributed by atoms with Crippen LogP contribution in [0.15, 0.2) is 103 Å². The number of hydrazine groups is 1. The quantitative estimate of drug-likeness (QED) is 0.151. The van der Waals surface area contributed by atoms with Gasteiger partial charge in [-0.1, -0.05) is 99.6 Å². The second-order valence-electron chi connectivity index (χ2n) is 13.4. The van der Waals surface area contributed by atoms with Crippen molar-refractivity contribution in [1.29, 1.82) is 0 Å². The lowest BCUT2D eigenvalue weighted by Crippen LogP contribution is -2.60. The van der Waals surface area contributed by atoms with Crippen molar-refractivity contribution in [3.8, 4) is 11.1 Å². The number of hydrogen-bond acceptors (Lipinski definition) is 8. The standard InChI is InChI=1S/C38H43N5O6/c1-37(2,3)33(41-36(47)49-4)34(45)42-43(23-25-12-10-14-26(20-25)28-15-11-19-39-22-28)24-38(48,29-16-6-5-7-17-29)35(46)40-32-30-18-9-8-13-27(30)21-31(32)44/h5-20,22,31-33,44,48H,21,23-24H2,1-4H3,(H,40,46)(H,41,47)(H,42,45)/t31-,32+,33-,38-/m1/s1. The van der Waals surface area contributed by atoms with Crippen molar-refractivity contribution in [2.24, 2.45) is 5.41 Å². The number of ether oxygens (including phenoxy) is 1. The number of carbonyl (C=O) groups is 3. The number of nitrogens with zero attached hydrogens (tertiary/aromatic N) is 2. The molecule has 0 aliphatic heterocycles. The maximum Gasteiger partial charge on any atom is 0.407 e. The molecule has 0 bridgehead atoms. The minimum absolute atomic E-state index is 0.0756. The average Bonchev–Trinajstić information content (AvgIpc) is 3.41. The molecule has 0 saturated carbocycles. The van der Waals surface area contributed by atoms with E-state index in [9.17, 15) is 24.6 Å². The molecule has 4 atom stereocenters. The molecule has 4 aromatic rings. The number of carbonyl (C=O) groups excluding carboxylic acids is 3. The first-order chi connectivity index (χ1) is 23.4. The first-order valence-corrected chi connectivity index (χ1v) is 16.1. The van der Waals surface area contributed by atoms with Crippen molar-refractivity contribution in [1.82, 2.24) is 26.1 Å². The van der Waals surface area contributed by atoms with Gasteiger partial charge in [0.2, 0.25) is 0 Å². The second-order valence-corrected chi connectivity index (χ2v) is 13.4. The van der Waals surface area contributed by atoms with Crippen molar-refractivity contribution >= 4 is 17.9 Å². The highest BCUT2D eigenvalue weighted by atomic mass is 16.5. The number of rotatable bonds is 11. The monoisotopic (exact) mass is 665 g/mol. The minimum Gasteiger partial charge on any atom is -0.453 e. The summed E-state index contributed by atoms with van der Waals surface area (Å²) in [4.78, 5) is 44.7. The first kappa shape index (κ1) is 35.2. The number of hydrogen-bond donors (Lipinski definition) is 5. The molecule has 0 fully saturated rings. The Labute approximate surface area is 286 Å². The molecule has 0 radical (unpaired) electrons. The Morgan fingerprint density at radius 1 is 0.959 bits per heavy atom. The third-order valence-corrected chi connectivity index (χ3v) is 8.68. The lowest BCUT2D eigenvalue weighted by atomic mass is 9.86. The van der Waals surface area contributed by atoms with Crippen LogP contribution in [0, 0.1) is 5.41 Å². The summed E-state index contributed by atoms with van der Waals surface area (Å²) >= 11 is 0. The maximum absolute atomic E-state index is 14.3. The Balaban J connectivity index is 1.51. The Kier molecular flexibility index (Phi) is 10.8. The Bertz CT molecular complexity index is 1760. The van der Waals surface area contributed by atoms with E-state index in [0.717, 1.165) is 27.8 Å². The molecular weight excluding hydrogens is 622 g/mol. The van der Waals surface area contributed by atoms with Crippen LogP contribution in [0.4, 0.5) is 4.79 Å². The summed E-state index contributed by atoms with van der Waals surface area (Å²) in [6.45, 7) is 5.09. The van der Waals surface area contributed by atoms with Crippen LogP contribution in [0.1, 0.15) is 49.1 Å². The summed E-state index contributed by atoms with van der Waals surface area (Å²) < 4.78 is 4.79. The van der Waals surface area contributed by atoms with Gasteiger partial charge in [-0.15, -0.1) is 0 Å². The van der Waals surface area contributed by atoms with Crippen molar-refractivity contribution in [3.05, 3.63) is 126 Å². The van der Waals surface area contributed by atoms with Crippen LogP contribution in [0.2, 0.25) is 0 Å². The topological polar surface area (TPSA) is 153 Å². The van der Waals surface area contributed by atoms with E-state index >= 15 is 0 Å². The van der Waals surface area contributed by atoms with E-state index in [4.69, 9.17) is 4.74 Å². The van der Waals surface area contributed by atoms with Crippen LogP contribution >= 0.6 is 0 Å². The van der Waals surface area contributed by atoms with Gasteiger partial charge in [-0.05, 0) is 50.9 Å². The SMILES string of the molecule is COC(=O)N[C@H](C(=O)NN(Cc1cccc(-c2cccnc2)c1)C[C@](O)(C(=O)N[C@H]1c2ccccc2C[C@H]1O)c1ccccc1)C(C)(C)C.